The topological polar surface area (TPSA) is 25.3 Å². The van der Waals surface area contributed by atoms with Gasteiger partial charge < -0.3 is 5.53 Å². The molecule has 2 nitrogen and oxygen atoms in total. The molecule has 34 heavy (non-hydrogen) atoms. The van der Waals surface area contributed by atoms with Crippen LogP contribution in [-0.4, -0.2) is 4.70 Å². The second-order valence-corrected chi connectivity index (χ2v) is 10.3. The smallest absolute Gasteiger partial charge is 0.211 e. The molecule has 0 fully saturated rings. The lowest BCUT2D eigenvalue weighted by atomic mass is 9.90. The molecule has 0 bridgehead atoms. The van der Waals surface area contributed by atoms with E-state index >= 15 is 0 Å². The molecule has 0 saturated carbocycles. The summed E-state index contributed by atoms with van der Waals surface area (Å²) in [7, 11) is 0. The van der Waals surface area contributed by atoms with E-state index in [0.29, 0.717) is 0 Å². The van der Waals surface area contributed by atoms with Crippen molar-refractivity contribution in [1.82, 2.24) is 0 Å². The van der Waals surface area contributed by atoms with Gasteiger partial charge in [0.1, 0.15) is 0 Å². The molecule has 0 unspecified atom stereocenters. The first-order valence-corrected chi connectivity index (χ1v) is 13.5. The molecular weight excluding hydrogens is 412 g/mol. The Bertz CT molecular complexity index is 958. The Balaban J connectivity index is 2.14. The van der Waals surface area contributed by atoms with Crippen LogP contribution in [0.25, 0.3) is 16.9 Å². The van der Waals surface area contributed by atoms with Gasteiger partial charge in [-0.15, -0.1) is 0 Å². The van der Waals surface area contributed by atoms with E-state index in [-0.39, 0.29) is 0 Å². The standard InChI is InChI=1S/C32H44N2/c1-7-9-11-13-15-29-30(16-14-12-10-8-2)32(28-21-25(5)18-26(6)22-28)34(33)31(29)27-19-23(3)17-24(4)20-27/h17-22H,7-16H2,1-6H3. The first-order valence-electron chi connectivity index (χ1n) is 13.5. The molecule has 0 amide bonds. The molecule has 0 spiro atoms. The van der Waals surface area contributed by atoms with Gasteiger partial charge in [-0.25, -0.2) is 4.70 Å². The van der Waals surface area contributed by atoms with Crippen molar-refractivity contribution in [3.8, 4) is 0 Å². The zero-order chi connectivity index (χ0) is 24.7. The average Bonchev–Trinajstić information content (AvgIpc) is 3.04. The normalized spacial score (nSPS) is 14.0. The summed E-state index contributed by atoms with van der Waals surface area (Å²) in [5.74, 6) is 0. The van der Waals surface area contributed by atoms with Crippen molar-refractivity contribution < 1.29 is 4.70 Å². The second kappa shape index (κ2) is 12.3. The lowest BCUT2D eigenvalue weighted by Gasteiger charge is -2.12. The third kappa shape index (κ3) is 6.34. The third-order valence-electron chi connectivity index (χ3n) is 6.91. The van der Waals surface area contributed by atoms with Crippen LogP contribution in [0.15, 0.2) is 47.5 Å². The van der Waals surface area contributed by atoms with Gasteiger partial charge in [-0.2, -0.15) is 0 Å². The van der Waals surface area contributed by atoms with Crippen LogP contribution in [0.5, 0.6) is 0 Å². The lowest BCUT2D eigenvalue weighted by Crippen LogP contribution is -2.03. The highest BCUT2D eigenvalue weighted by molar-refractivity contribution is 5.82. The van der Waals surface area contributed by atoms with Crippen molar-refractivity contribution in [3.05, 3.63) is 86.5 Å². The molecule has 0 N–H and O–H groups in total. The molecule has 1 aliphatic heterocycles. The average molecular weight is 457 g/mol. The fourth-order valence-corrected chi connectivity index (χ4v) is 5.46. The van der Waals surface area contributed by atoms with E-state index in [2.05, 4.69) is 77.9 Å². The molecule has 0 saturated heterocycles. The van der Waals surface area contributed by atoms with Crippen LogP contribution in [0.1, 0.15) is 111 Å². The summed E-state index contributed by atoms with van der Waals surface area (Å²) >= 11 is 0. The molecule has 2 heteroatoms. The van der Waals surface area contributed by atoms with Crippen LogP contribution >= 0.6 is 0 Å². The maximum Gasteiger partial charge on any atom is 0.211 e. The number of benzene rings is 2. The number of nitrogens with zero attached hydrogens (tertiary/aromatic N) is 2. The fraction of sp³-hybridized carbons (Fsp3) is 0.500. The quantitative estimate of drug-likeness (QED) is 0.224. The van der Waals surface area contributed by atoms with Crippen LogP contribution in [-0.2, 0) is 0 Å². The molecule has 182 valence electrons. The van der Waals surface area contributed by atoms with Gasteiger partial charge in [0.25, 0.3) is 0 Å². The van der Waals surface area contributed by atoms with Crippen LogP contribution in [0.2, 0.25) is 0 Å². The van der Waals surface area contributed by atoms with Gasteiger partial charge in [-0.05, 0) is 77.6 Å². The zero-order valence-corrected chi connectivity index (χ0v) is 22.4. The first kappa shape index (κ1) is 26.1. The van der Waals surface area contributed by atoms with Gasteiger partial charge in [-0.3, -0.25) is 0 Å². The molecule has 0 aliphatic carbocycles. The van der Waals surface area contributed by atoms with E-state index in [4.69, 9.17) is 0 Å². The molecule has 3 rings (SSSR count). The molecule has 1 heterocycles. The van der Waals surface area contributed by atoms with Crippen molar-refractivity contribution in [2.45, 2.75) is 106 Å². The summed E-state index contributed by atoms with van der Waals surface area (Å²) < 4.78 is 1.53. The molecular formula is C32H44N2. The highest BCUT2D eigenvalue weighted by Crippen LogP contribution is 2.45. The zero-order valence-electron chi connectivity index (χ0n) is 22.4. The summed E-state index contributed by atoms with van der Waals surface area (Å²) in [6.07, 6.45) is 11.9. The summed E-state index contributed by atoms with van der Waals surface area (Å²) in [5.41, 5.74) is 23.7. The van der Waals surface area contributed by atoms with Gasteiger partial charge in [0.15, 0.2) is 0 Å². The number of hydrogen-bond donors (Lipinski definition) is 0. The van der Waals surface area contributed by atoms with E-state index in [1.807, 2.05) is 0 Å². The summed E-state index contributed by atoms with van der Waals surface area (Å²) in [4.78, 5) is 0. The molecule has 2 aromatic rings. The van der Waals surface area contributed by atoms with Gasteiger partial charge in [0, 0.05) is 22.3 Å². The Hall–Kier alpha value is -2.48. The monoisotopic (exact) mass is 456 g/mol. The molecule has 0 aromatic heterocycles. The summed E-state index contributed by atoms with van der Waals surface area (Å²) in [6.45, 7) is 13.1. The molecule has 1 aliphatic rings. The van der Waals surface area contributed by atoms with Crippen molar-refractivity contribution in [2.75, 3.05) is 0 Å². The largest absolute Gasteiger partial charge is 0.493 e. The Morgan fingerprint density at radius 2 is 0.882 bits per heavy atom. The number of aryl methyl sites for hydroxylation is 4. The minimum atomic E-state index is 1.00. The fourth-order valence-electron chi connectivity index (χ4n) is 5.46. The van der Waals surface area contributed by atoms with Gasteiger partial charge >= 0.3 is 0 Å². The van der Waals surface area contributed by atoms with Crippen LogP contribution in [0.4, 0.5) is 0 Å². The highest BCUT2D eigenvalue weighted by Gasteiger charge is 2.35. The highest BCUT2D eigenvalue weighted by atomic mass is 15.2. The first-order chi connectivity index (χ1) is 16.3. The minimum absolute atomic E-state index is 1.00. The Morgan fingerprint density at radius 1 is 0.529 bits per heavy atom. The van der Waals surface area contributed by atoms with Crippen molar-refractivity contribution in [3.63, 3.8) is 0 Å². The van der Waals surface area contributed by atoms with Crippen LogP contribution in [0, 0.1) is 27.7 Å². The van der Waals surface area contributed by atoms with E-state index < -0.39 is 0 Å². The third-order valence-corrected chi connectivity index (χ3v) is 6.91. The van der Waals surface area contributed by atoms with Crippen molar-refractivity contribution >= 4 is 11.4 Å². The Morgan fingerprint density at radius 3 is 1.21 bits per heavy atom. The Kier molecular flexibility index (Phi) is 9.45. The van der Waals surface area contributed by atoms with Gasteiger partial charge in [-0.1, -0.05) is 86.8 Å². The van der Waals surface area contributed by atoms with Crippen molar-refractivity contribution in [1.29, 1.82) is 0 Å². The van der Waals surface area contributed by atoms with E-state index in [9.17, 15) is 5.53 Å². The summed E-state index contributed by atoms with van der Waals surface area (Å²) in [5, 5.41) is 0. The lowest BCUT2D eigenvalue weighted by molar-refractivity contribution is -0.345. The maximum absolute atomic E-state index is 11.8. The molecule has 0 radical (unpaired) electrons. The number of hydrogen-bond acceptors (Lipinski definition) is 0. The Labute approximate surface area is 208 Å². The van der Waals surface area contributed by atoms with E-state index in [1.165, 1.54) is 89.5 Å². The second-order valence-electron chi connectivity index (χ2n) is 10.3. The SMILES string of the molecule is CCCCCCC1=C(c2cc(C)cc(C)c2)[N+](=[N-])C(c2cc(C)cc(C)c2)=C1CCCCCC. The predicted octanol–water partition coefficient (Wildman–Crippen LogP) is 10.0. The maximum atomic E-state index is 11.8. The number of unbranched alkanes of at least 4 members (excludes halogenated alkanes) is 6. The van der Waals surface area contributed by atoms with E-state index in [0.717, 1.165) is 35.4 Å². The molecule has 2 aromatic carbocycles. The van der Waals surface area contributed by atoms with Crippen LogP contribution in [0.3, 0.4) is 0 Å². The summed E-state index contributed by atoms with van der Waals surface area (Å²) in [6, 6.07) is 13.4. The van der Waals surface area contributed by atoms with Crippen LogP contribution < -0.4 is 0 Å². The number of rotatable bonds is 12. The number of allylic oxidation sites excluding steroid dienone is 2. The molecule has 0 atom stereocenters. The van der Waals surface area contributed by atoms with Gasteiger partial charge in [0.2, 0.25) is 11.4 Å². The predicted molar refractivity (Wildman–Crippen MR) is 147 cm³/mol. The minimum Gasteiger partial charge on any atom is -0.493 e. The van der Waals surface area contributed by atoms with E-state index in [1.54, 1.807) is 0 Å². The van der Waals surface area contributed by atoms with Crippen molar-refractivity contribution in [2.24, 2.45) is 0 Å². The van der Waals surface area contributed by atoms with Gasteiger partial charge in [0.05, 0.1) is 0 Å².